The average molecular weight is 241 g/mol. The second-order valence-electron chi connectivity index (χ2n) is 3.94. The van der Waals surface area contributed by atoms with Gasteiger partial charge in [-0.2, -0.15) is 0 Å². The summed E-state index contributed by atoms with van der Waals surface area (Å²) in [4.78, 5) is 13.7. The van der Waals surface area contributed by atoms with E-state index in [1.54, 1.807) is 6.20 Å². The molecule has 7 heteroatoms. The smallest absolute Gasteiger partial charge is 0.239 e. The molecule has 6 nitrogen and oxygen atoms in total. The zero-order valence-corrected chi connectivity index (χ0v) is 9.74. The highest BCUT2D eigenvalue weighted by Gasteiger charge is 2.18. The van der Waals surface area contributed by atoms with Crippen LogP contribution in [0.1, 0.15) is 12.8 Å². The molecule has 0 spiro atoms. The van der Waals surface area contributed by atoms with Gasteiger partial charge in [0.25, 0.3) is 0 Å². The minimum absolute atomic E-state index is 0.0125. The van der Waals surface area contributed by atoms with Crippen molar-refractivity contribution in [1.82, 2.24) is 14.5 Å². The van der Waals surface area contributed by atoms with Crippen LogP contribution in [0.25, 0.3) is 0 Å². The summed E-state index contributed by atoms with van der Waals surface area (Å²) in [6, 6.07) is 0.296. The summed E-state index contributed by atoms with van der Waals surface area (Å²) in [5.41, 5.74) is 5.80. The molecule has 0 atom stereocenters. The van der Waals surface area contributed by atoms with Crippen LogP contribution in [0.4, 0.5) is 5.00 Å². The fraction of sp³-hybridized carbons (Fsp3) is 0.667. The Labute approximate surface area is 98.0 Å². The number of aromatic nitrogens is 2. The van der Waals surface area contributed by atoms with Crippen molar-refractivity contribution in [1.29, 1.82) is 0 Å². The molecule has 88 valence electrons. The number of hydrogen-bond donors (Lipinski definition) is 2. The number of piperidine rings is 1. The summed E-state index contributed by atoms with van der Waals surface area (Å²) in [6.07, 6.45) is 3.49. The van der Waals surface area contributed by atoms with E-state index in [1.165, 1.54) is 11.5 Å². The van der Waals surface area contributed by atoms with Crippen molar-refractivity contribution in [2.45, 2.75) is 18.9 Å². The molecule has 0 aliphatic carbocycles. The van der Waals surface area contributed by atoms with Crippen LogP contribution in [0, 0.1) is 0 Å². The van der Waals surface area contributed by atoms with E-state index < -0.39 is 0 Å². The van der Waals surface area contributed by atoms with Gasteiger partial charge in [-0.1, -0.05) is 4.49 Å². The maximum Gasteiger partial charge on any atom is 0.239 e. The van der Waals surface area contributed by atoms with E-state index in [0.717, 1.165) is 25.9 Å². The van der Waals surface area contributed by atoms with Crippen molar-refractivity contribution in [2.75, 3.05) is 25.0 Å². The Morgan fingerprint density at radius 3 is 3.00 bits per heavy atom. The number of nitrogens with two attached hydrogens (primary N) is 1. The second-order valence-corrected chi connectivity index (χ2v) is 4.73. The van der Waals surface area contributed by atoms with E-state index in [1.807, 2.05) is 0 Å². The molecule has 1 aromatic heterocycles. The Bertz CT molecular complexity index is 334. The summed E-state index contributed by atoms with van der Waals surface area (Å²) in [5.74, 6) is -0.0125. The summed E-state index contributed by atoms with van der Waals surface area (Å²) in [6.45, 7) is 2.22. The highest BCUT2D eigenvalue weighted by atomic mass is 32.1. The fourth-order valence-electron chi connectivity index (χ4n) is 1.71. The third-order valence-corrected chi connectivity index (χ3v) is 3.20. The van der Waals surface area contributed by atoms with Gasteiger partial charge in [-0.05, 0) is 12.8 Å². The quantitative estimate of drug-likeness (QED) is 0.772. The molecule has 0 unspecified atom stereocenters. The van der Waals surface area contributed by atoms with Gasteiger partial charge in [0.15, 0.2) is 0 Å². The monoisotopic (exact) mass is 241 g/mol. The molecule has 16 heavy (non-hydrogen) atoms. The average Bonchev–Trinajstić information content (AvgIpc) is 2.74. The van der Waals surface area contributed by atoms with Crippen molar-refractivity contribution in [3.8, 4) is 0 Å². The third-order valence-electron chi connectivity index (χ3n) is 2.62. The lowest BCUT2D eigenvalue weighted by Crippen LogP contribution is -2.43. The van der Waals surface area contributed by atoms with Gasteiger partial charge < -0.3 is 11.1 Å². The number of likely N-dealkylation sites (tertiary alicyclic amines) is 1. The van der Waals surface area contributed by atoms with Gasteiger partial charge in [-0.25, -0.2) is 0 Å². The van der Waals surface area contributed by atoms with Gasteiger partial charge in [0, 0.05) is 30.7 Å². The van der Waals surface area contributed by atoms with Crippen LogP contribution >= 0.6 is 11.5 Å². The minimum atomic E-state index is -0.0125. The zero-order valence-electron chi connectivity index (χ0n) is 8.93. The Morgan fingerprint density at radius 1 is 1.62 bits per heavy atom. The molecule has 1 aliphatic rings. The molecule has 0 radical (unpaired) electrons. The first-order valence-corrected chi connectivity index (χ1v) is 6.06. The van der Waals surface area contributed by atoms with Crippen molar-refractivity contribution < 1.29 is 4.79 Å². The zero-order chi connectivity index (χ0) is 11.4. The molecular weight excluding hydrogens is 226 g/mol. The summed E-state index contributed by atoms with van der Waals surface area (Å²) >= 11 is 1.18. The van der Waals surface area contributed by atoms with E-state index in [4.69, 9.17) is 5.73 Å². The van der Waals surface area contributed by atoms with Crippen molar-refractivity contribution >= 4 is 22.4 Å². The molecule has 1 saturated heterocycles. The van der Waals surface area contributed by atoms with Crippen LogP contribution < -0.4 is 11.1 Å². The van der Waals surface area contributed by atoms with Crippen molar-refractivity contribution in [3.05, 3.63) is 6.20 Å². The Morgan fingerprint density at radius 2 is 2.38 bits per heavy atom. The lowest BCUT2D eigenvalue weighted by atomic mass is 10.1. The molecule has 0 aromatic carbocycles. The predicted octanol–water partition coefficient (Wildman–Crippen LogP) is -0.100. The van der Waals surface area contributed by atoms with Crippen LogP contribution in [0.15, 0.2) is 6.20 Å². The molecule has 2 heterocycles. The molecule has 2 rings (SSSR count). The van der Waals surface area contributed by atoms with E-state index in [-0.39, 0.29) is 5.91 Å². The predicted molar refractivity (Wildman–Crippen MR) is 62.2 cm³/mol. The van der Waals surface area contributed by atoms with Gasteiger partial charge in [0.1, 0.15) is 5.00 Å². The molecule has 1 amide bonds. The number of anilines is 1. The fourth-order valence-corrected chi connectivity index (χ4v) is 2.15. The van der Waals surface area contributed by atoms with Gasteiger partial charge >= 0.3 is 0 Å². The van der Waals surface area contributed by atoms with Gasteiger partial charge in [-0.15, -0.1) is 5.10 Å². The van der Waals surface area contributed by atoms with Crippen LogP contribution in [-0.4, -0.2) is 46.1 Å². The standard InChI is InChI=1S/C9H15N5OS/c10-7-1-3-14(4-2-7)6-8(15)12-9-5-11-13-16-9/h5,7H,1-4,6,10H2,(H,12,15). The van der Waals surface area contributed by atoms with Gasteiger partial charge in [-0.3, -0.25) is 9.69 Å². The molecule has 3 N–H and O–H groups in total. The summed E-state index contributed by atoms with van der Waals surface area (Å²) in [5, 5.41) is 7.11. The number of carbonyl (C=O) groups is 1. The van der Waals surface area contributed by atoms with Crippen LogP contribution in [0.5, 0.6) is 0 Å². The number of nitrogens with one attached hydrogen (secondary N) is 1. The van der Waals surface area contributed by atoms with E-state index >= 15 is 0 Å². The Balaban J connectivity index is 1.75. The van der Waals surface area contributed by atoms with Crippen molar-refractivity contribution in [3.63, 3.8) is 0 Å². The number of nitrogens with zero attached hydrogens (tertiary/aromatic N) is 3. The molecule has 0 saturated carbocycles. The van der Waals surface area contributed by atoms with Gasteiger partial charge in [0.05, 0.1) is 12.7 Å². The maximum atomic E-state index is 11.6. The number of hydrogen-bond acceptors (Lipinski definition) is 6. The van der Waals surface area contributed by atoms with E-state index in [9.17, 15) is 4.79 Å². The van der Waals surface area contributed by atoms with Gasteiger partial charge in [0.2, 0.25) is 5.91 Å². The largest absolute Gasteiger partial charge is 0.328 e. The number of carbonyl (C=O) groups excluding carboxylic acids is 1. The normalized spacial score (nSPS) is 18.6. The minimum Gasteiger partial charge on any atom is -0.328 e. The number of amides is 1. The molecule has 0 bridgehead atoms. The Hall–Kier alpha value is -1.05. The summed E-state index contributed by atoms with van der Waals surface area (Å²) < 4.78 is 3.68. The molecule has 1 aliphatic heterocycles. The molecule has 1 aromatic rings. The second kappa shape index (κ2) is 5.33. The molecular formula is C9H15N5OS. The van der Waals surface area contributed by atoms with Crippen LogP contribution in [-0.2, 0) is 4.79 Å². The first-order chi connectivity index (χ1) is 7.74. The summed E-state index contributed by atoms with van der Waals surface area (Å²) in [7, 11) is 0. The van der Waals surface area contributed by atoms with E-state index in [2.05, 4.69) is 19.8 Å². The lowest BCUT2D eigenvalue weighted by molar-refractivity contribution is -0.117. The maximum absolute atomic E-state index is 11.6. The highest BCUT2D eigenvalue weighted by molar-refractivity contribution is 7.10. The first kappa shape index (κ1) is 11.4. The SMILES string of the molecule is NC1CCN(CC(=O)Nc2cnns2)CC1. The van der Waals surface area contributed by atoms with Crippen LogP contribution in [0.3, 0.4) is 0 Å². The molecule has 1 fully saturated rings. The van der Waals surface area contributed by atoms with Crippen molar-refractivity contribution in [2.24, 2.45) is 5.73 Å². The first-order valence-electron chi connectivity index (χ1n) is 5.29. The third kappa shape index (κ3) is 3.22. The Kier molecular flexibility index (Phi) is 3.81. The van der Waals surface area contributed by atoms with Crippen LogP contribution in [0.2, 0.25) is 0 Å². The number of rotatable bonds is 3. The lowest BCUT2D eigenvalue weighted by Gasteiger charge is -2.29. The highest BCUT2D eigenvalue weighted by Crippen LogP contribution is 2.10. The topological polar surface area (TPSA) is 84.1 Å². The van der Waals surface area contributed by atoms with E-state index in [0.29, 0.717) is 17.6 Å².